The molecule has 28 heavy (non-hydrogen) atoms. The van der Waals surface area contributed by atoms with Crippen LogP contribution in [0.3, 0.4) is 0 Å². The van der Waals surface area contributed by atoms with Gasteiger partial charge in [-0.15, -0.1) is 0 Å². The van der Waals surface area contributed by atoms with Gasteiger partial charge in [0.25, 0.3) is 0 Å². The fourth-order valence-corrected chi connectivity index (χ4v) is 3.30. The van der Waals surface area contributed by atoms with Crippen LogP contribution in [0.1, 0.15) is 44.7 Å². The molecule has 1 heterocycles. The molecule has 0 aliphatic carbocycles. The lowest BCUT2D eigenvalue weighted by molar-refractivity contribution is -0.156. The molecule has 0 saturated carbocycles. The van der Waals surface area contributed by atoms with E-state index in [0.29, 0.717) is 12.3 Å². The fraction of sp³-hybridized carbons (Fsp3) is 0.550. The lowest BCUT2D eigenvalue weighted by Crippen LogP contribution is -2.48. The van der Waals surface area contributed by atoms with Gasteiger partial charge < -0.3 is 25.2 Å². The number of rotatable bonds is 9. The van der Waals surface area contributed by atoms with Crippen LogP contribution in [0, 0.1) is 5.92 Å². The molecule has 1 saturated heterocycles. The van der Waals surface area contributed by atoms with Gasteiger partial charge in [0.15, 0.2) is 5.60 Å². The maximum absolute atomic E-state index is 12.8. The number of amides is 2. The number of carbonyl (C=O) groups is 3. The van der Waals surface area contributed by atoms with Gasteiger partial charge in [-0.25, -0.2) is 4.79 Å². The molecule has 0 aromatic heterocycles. The lowest BCUT2D eigenvalue weighted by Gasteiger charge is -2.29. The zero-order valence-corrected chi connectivity index (χ0v) is 16.5. The van der Waals surface area contributed by atoms with E-state index in [1.807, 2.05) is 19.1 Å². The number of methoxy groups -OCH3 is 1. The molecule has 1 fully saturated rings. The molecule has 0 spiro atoms. The van der Waals surface area contributed by atoms with Gasteiger partial charge in [0.2, 0.25) is 11.8 Å². The summed E-state index contributed by atoms with van der Waals surface area (Å²) in [5.41, 5.74) is -1.26. The summed E-state index contributed by atoms with van der Waals surface area (Å²) in [7, 11) is 1.56. The van der Waals surface area contributed by atoms with Crippen LogP contribution in [-0.4, -0.2) is 58.7 Å². The highest BCUT2D eigenvalue weighted by Crippen LogP contribution is 2.39. The number of hydrogen-bond donors (Lipinski definition) is 3. The Morgan fingerprint density at radius 1 is 1.32 bits per heavy atom. The molecular formula is C20H28N2O6. The Hall–Kier alpha value is -2.61. The Bertz CT molecular complexity index is 716. The Morgan fingerprint density at radius 2 is 1.96 bits per heavy atom. The number of nitrogens with one attached hydrogen (secondary N) is 1. The van der Waals surface area contributed by atoms with Gasteiger partial charge in [-0.1, -0.05) is 25.5 Å². The number of benzene rings is 1. The zero-order valence-electron chi connectivity index (χ0n) is 16.5. The van der Waals surface area contributed by atoms with Crippen LogP contribution in [0.15, 0.2) is 24.3 Å². The van der Waals surface area contributed by atoms with E-state index in [-0.39, 0.29) is 12.3 Å². The van der Waals surface area contributed by atoms with Crippen LogP contribution < -0.4 is 10.1 Å². The molecule has 3 atom stereocenters. The molecule has 2 rings (SSSR count). The van der Waals surface area contributed by atoms with Crippen LogP contribution in [0.25, 0.3) is 0 Å². The number of carboxylic acids is 1. The van der Waals surface area contributed by atoms with Crippen LogP contribution in [0.5, 0.6) is 5.75 Å². The second-order valence-corrected chi connectivity index (χ2v) is 7.27. The second kappa shape index (κ2) is 9.05. The third-order valence-corrected chi connectivity index (χ3v) is 5.05. The number of ether oxygens (including phenoxy) is 1. The van der Waals surface area contributed by atoms with Gasteiger partial charge in [-0.05, 0) is 31.0 Å². The Labute approximate surface area is 164 Å². The summed E-state index contributed by atoms with van der Waals surface area (Å²) < 4.78 is 5.17. The van der Waals surface area contributed by atoms with E-state index in [1.54, 1.807) is 24.1 Å². The maximum Gasteiger partial charge on any atom is 0.337 e. The van der Waals surface area contributed by atoms with Gasteiger partial charge in [0.1, 0.15) is 5.75 Å². The highest BCUT2D eigenvalue weighted by atomic mass is 16.5. The van der Waals surface area contributed by atoms with Crippen molar-refractivity contribution in [3.63, 3.8) is 0 Å². The molecule has 2 amide bonds. The summed E-state index contributed by atoms with van der Waals surface area (Å²) in [6.45, 7) is 3.25. The Morgan fingerprint density at radius 3 is 2.50 bits per heavy atom. The largest absolute Gasteiger partial charge is 0.497 e. The predicted octanol–water partition coefficient (Wildman–Crippen LogP) is 1.34. The van der Waals surface area contributed by atoms with E-state index in [9.17, 15) is 19.5 Å². The van der Waals surface area contributed by atoms with Crippen molar-refractivity contribution >= 4 is 17.8 Å². The molecule has 8 heteroatoms. The summed E-state index contributed by atoms with van der Waals surface area (Å²) in [4.78, 5) is 38.1. The predicted molar refractivity (Wildman–Crippen MR) is 102 cm³/mol. The van der Waals surface area contributed by atoms with E-state index in [4.69, 9.17) is 9.84 Å². The van der Waals surface area contributed by atoms with Crippen molar-refractivity contribution in [2.75, 3.05) is 20.2 Å². The summed E-state index contributed by atoms with van der Waals surface area (Å²) >= 11 is 0. The van der Waals surface area contributed by atoms with Gasteiger partial charge in [-0.3, -0.25) is 9.59 Å². The number of nitrogens with zero attached hydrogens (tertiary/aromatic N) is 1. The van der Waals surface area contributed by atoms with Crippen LogP contribution in [0.4, 0.5) is 0 Å². The van der Waals surface area contributed by atoms with Gasteiger partial charge in [-0.2, -0.15) is 0 Å². The van der Waals surface area contributed by atoms with Crippen molar-refractivity contribution in [2.45, 2.75) is 44.8 Å². The molecule has 3 N–H and O–H groups in total. The minimum atomic E-state index is -2.07. The minimum absolute atomic E-state index is 0.0431. The third-order valence-electron chi connectivity index (χ3n) is 5.05. The van der Waals surface area contributed by atoms with Crippen LogP contribution in [-0.2, 0) is 14.4 Å². The number of unbranched alkanes of at least 4 members (excludes halogenated alkanes) is 1. The van der Waals surface area contributed by atoms with E-state index in [0.717, 1.165) is 25.3 Å². The molecule has 0 bridgehead atoms. The molecule has 1 aliphatic rings. The fourth-order valence-electron chi connectivity index (χ4n) is 3.30. The molecule has 154 valence electrons. The topological polar surface area (TPSA) is 116 Å². The highest BCUT2D eigenvalue weighted by molar-refractivity contribution is 5.91. The quantitative estimate of drug-likeness (QED) is 0.584. The monoisotopic (exact) mass is 392 g/mol. The molecule has 1 aromatic rings. The molecule has 8 nitrogen and oxygen atoms in total. The first-order valence-electron chi connectivity index (χ1n) is 9.38. The van der Waals surface area contributed by atoms with E-state index < -0.39 is 36.0 Å². The highest BCUT2D eigenvalue weighted by Gasteiger charge is 2.44. The third kappa shape index (κ3) is 4.81. The zero-order chi connectivity index (χ0) is 20.9. The lowest BCUT2D eigenvalue weighted by atomic mass is 9.92. The number of carboxylic acid groups (broad SMARTS) is 1. The number of likely N-dealkylation sites (tertiary alicyclic amines) is 1. The van der Waals surface area contributed by atoms with Crippen LogP contribution >= 0.6 is 0 Å². The van der Waals surface area contributed by atoms with Crippen molar-refractivity contribution in [3.05, 3.63) is 29.8 Å². The first-order chi connectivity index (χ1) is 13.2. The number of aliphatic hydroxyl groups is 1. The van der Waals surface area contributed by atoms with Crippen molar-refractivity contribution in [3.8, 4) is 5.75 Å². The van der Waals surface area contributed by atoms with Gasteiger partial charge >= 0.3 is 5.97 Å². The minimum Gasteiger partial charge on any atom is -0.497 e. The second-order valence-electron chi connectivity index (χ2n) is 7.27. The number of carbonyl (C=O) groups excluding carboxylic acids is 2. The Balaban J connectivity index is 2.25. The van der Waals surface area contributed by atoms with E-state index >= 15 is 0 Å². The first-order valence-corrected chi connectivity index (χ1v) is 9.38. The number of aliphatic carboxylic acids is 1. The van der Waals surface area contributed by atoms with Gasteiger partial charge in [0, 0.05) is 13.0 Å². The van der Waals surface area contributed by atoms with E-state index in [1.165, 1.54) is 0 Å². The standard InChI is InChI=1S/C20H28N2O6/c1-4-5-10-22-16(23)11-15(18(24)21-12-20(2,27)19(25)26)17(22)13-6-8-14(28-3)9-7-13/h6-9,15,17,27H,4-5,10-12H2,1-3H3,(H,21,24)(H,25,26). The van der Waals surface area contributed by atoms with Crippen molar-refractivity contribution in [1.29, 1.82) is 0 Å². The van der Waals surface area contributed by atoms with E-state index in [2.05, 4.69) is 5.32 Å². The maximum atomic E-state index is 12.8. The smallest absolute Gasteiger partial charge is 0.337 e. The van der Waals surface area contributed by atoms with Crippen molar-refractivity contribution in [2.24, 2.45) is 5.92 Å². The summed E-state index contributed by atoms with van der Waals surface area (Å²) in [6, 6.07) is 6.77. The summed E-state index contributed by atoms with van der Waals surface area (Å²) in [6.07, 6.45) is 1.78. The average molecular weight is 392 g/mol. The molecular weight excluding hydrogens is 364 g/mol. The molecule has 3 unspecified atom stereocenters. The van der Waals surface area contributed by atoms with Crippen molar-refractivity contribution in [1.82, 2.24) is 10.2 Å². The normalized spacial score (nSPS) is 21.3. The Kier molecular flexibility index (Phi) is 7.01. The summed E-state index contributed by atoms with van der Waals surface area (Å²) in [5.74, 6) is -1.98. The number of hydrogen-bond acceptors (Lipinski definition) is 5. The summed E-state index contributed by atoms with van der Waals surface area (Å²) in [5, 5.41) is 21.3. The molecule has 1 aromatic carbocycles. The SMILES string of the molecule is CCCCN1C(=O)CC(C(=O)NCC(C)(O)C(=O)O)C1c1ccc(OC)cc1. The van der Waals surface area contributed by atoms with Crippen LogP contribution in [0.2, 0.25) is 0 Å². The average Bonchev–Trinajstić information content (AvgIpc) is 3.00. The molecule has 1 aliphatic heterocycles. The molecule has 0 radical (unpaired) electrons. The van der Waals surface area contributed by atoms with Crippen molar-refractivity contribution < 1.29 is 29.3 Å². The van der Waals surface area contributed by atoms with Gasteiger partial charge in [0.05, 0.1) is 25.6 Å². The first kappa shape index (κ1) is 21.7.